The number of fused-ring (bicyclic) bond motifs is 1. The lowest BCUT2D eigenvalue weighted by atomic mass is 9.90. The molecular weight excluding hydrogens is 402 g/mol. The lowest BCUT2D eigenvalue weighted by Crippen LogP contribution is -2.15. The fraction of sp³-hybridized carbons (Fsp3) is 0.318. The van der Waals surface area contributed by atoms with Crippen LogP contribution in [0.5, 0.6) is 0 Å². The molecule has 1 aromatic heterocycles. The van der Waals surface area contributed by atoms with Gasteiger partial charge in [0.1, 0.15) is 0 Å². The maximum absolute atomic E-state index is 12.5. The zero-order valence-corrected chi connectivity index (χ0v) is 17.7. The summed E-state index contributed by atoms with van der Waals surface area (Å²) in [6.07, 6.45) is 4.54. The van der Waals surface area contributed by atoms with Crippen LogP contribution in [0.15, 0.2) is 51.8 Å². The number of aryl methyl sites for hydroxylation is 2. The first kappa shape index (κ1) is 20.3. The summed E-state index contributed by atoms with van der Waals surface area (Å²) in [5.41, 5.74) is 3.79. The lowest BCUT2D eigenvalue weighted by Gasteiger charge is -2.15. The number of nitrogens with one attached hydrogen (secondary N) is 1. The van der Waals surface area contributed by atoms with Crippen molar-refractivity contribution >= 4 is 21.8 Å². The third-order valence-corrected chi connectivity index (χ3v) is 7.48. The molecule has 3 aromatic rings. The van der Waals surface area contributed by atoms with Crippen LogP contribution in [-0.2, 0) is 22.7 Å². The summed E-state index contributed by atoms with van der Waals surface area (Å²) in [6, 6.07) is 11.9. The number of hydrogen-bond acceptors (Lipinski definition) is 6. The topological polar surface area (TPSA) is 102 Å². The second kappa shape index (κ2) is 8.02. The molecule has 156 valence electrons. The van der Waals surface area contributed by atoms with Gasteiger partial charge in [0.2, 0.25) is 5.89 Å². The van der Waals surface area contributed by atoms with Gasteiger partial charge in [-0.05, 0) is 87.1 Å². The molecule has 1 aliphatic rings. The molecule has 0 radical (unpaired) electrons. The monoisotopic (exact) mass is 425 g/mol. The molecule has 0 bridgehead atoms. The van der Waals surface area contributed by atoms with Crippen molar-refractivity contribution < 1.29 is 17.6 Å². The average Bonchev–Trinajstić information content (AvgIpc) is 3.21. The minimum absolute atomic E-state index is 0.00778. The zero-order valence-electron chi connectivity index (χ0n) is 16.9. The van der Waals surface area contributed by atoms with E-state index in [9.17, 15) is 13.2 Å². The van der Waals surface area contributed by atoms with E-state index in [1.54, 1.807) is 13.8 Å². The van der Waals surface area contributed by atoms with Gasteiger partial charge >= 0.3 is 6.01 Å². The maximum atomic E-state index is 12.5. The van der Waals surface area contributed by atoms with Crippen molar-refractivity contribution in [3.8, 4) is 11.5 Å². The van der Waals surface area contributed by atoms with E-state index in [0.717, 1.165) is 18.4 Å². The van der Waals surface area contributed by atoms with Crippen LogP contribution in [0.4, 0.5) is 6.01 Å². The molecular formula is C22H23N3O4S. The maximum Gasteiger partial charge on any atom is 0.322 e. The van der Waals surface area contributed by atoms with Crippen molar-refractivity contribution in [1.29, 1.82) is 0 Å². The quantitative estimate of drug-likeness (QED) is 0.662. The number of carbonyl (C=O) groups excluding carboxylic acids is 1. The Labute approximate surface area is 175 Å². The van der Waals surface area contributed by atoms with Crippen molar-refractivity contribution in [3.05, 3.63) is 59.2 Å². The van der Waals surface area contributed by atoms with Gasteiger partial charge in [-0.3, -0.25) is 10.1 Å². The van der Waals surface area contributed by atoms with Gasteiger partial charge in [0.25, 0.3) is 5.91 Å². The molecule has 1 aliphatic carbocycles. The van der Waals surface area contributed by atoms with Gasteiger partial charge in [0.15, 0.2) is 9.84 Å². The van der Waals surface area contributed by atoms with Crippen molar-refractivity contribution in [1.82, 2.24) is 10.2 Å². The van der Waals surface area contributed by atoms with Gasteiger partial charge in [0.05, 0.1) is 10.1 Å². The first-order valence-corrected chi connectivity index (χ1v) is 11.5. The average molecular weight is 426 g/mol. The number of anilines is 1. The Hall–Kier alpha value is -3.00. The van der Waals surface area contributed by atoms with Crippen LogP contribution in [0, 0.1) is 0 Å². The molecule has 7 nitrogen and oxygen atoms in total. The van der Waals surface area contributed by atoms with Crippen LogP contribution < -0.4 is 5.32 Å². The number of sulfone groups is 1. The Morgan fingerprint density at radius 3 is 2.40 bits per heavy atom. The third-order valence-electron chi connectivity index (χ3n) is 5.31. The molecule has 1 N–H and O–H groups in total. The Balaban J connectivity index is 1.48. The fourth-order valence-electron chi connectivity index (χ4n) is 3.49. The molecule has 2 aromatic carbocycles. The summed E-state index contributed by atoms with van der Waals surface area (Å²) in [6.45, 7) is 3.23. The van der Waals surface area contributed by atoms with E-state index in [1.165, 1.54) is 48.2 Å². The van der Waals surface area contributed by atoms with Crippen molar-refractivity contribution in [3.63, 3.8) is 0 Å². The second-order valence-corrected chi connectivity index (χ2v) is 10.2. The molecule has 0 aliphatic heterocycles. The first-order valence-electron chi connectivity index (χ1n) is 9.95. The molecule has 0 saturated heterocycles. The predicted molar refractivity (Wildman–Crippen MR) is 113 cm³/mol. The first-order chi connectivity index (χ1) is 14.3. The predicted octanol–water partition coefficient (Wildman–Crippen LogP) is 4.05. The SMILES string of the molecule is CC(C)S(=O)(=O)c1ccc(C(=O)Nc2nnc(-c3ccc4c(c3)CCCC4)o2)cc1. The van der Waals surface area contributed by atoms with E-state index in [2.05, 4.69) is 27.6 Å². The number of hydrogen-bond donors (Lipinski definition) is 1. The van der Waals surface area contributed by atoms with E-state index in [4.69, 9.17) is 4.42 Å². The van der Waals surface area contributed by atoms with Crippen LogP contribution in [0.2, 0.25) is 0 Å². The van der Waals surface area contributed by atoms with Crippen LogP contribution in [0.1, 0.15) is 48.2 Å². The van der Waals surface area contributed by atoms with Gasteiger partial charge in [-0.1, -0.05) is 11.2 Å². The van der Waals surface area contributed by atoms with E-state index >= 15 is 0 Å². The highest BCUT2D eigenvalue weighted by atomic mass is 32.2. The normalized spacial score (nSPS) is 13.8. The molecule has 8 heteroatoms. The summed E-state index contributed by atoms with van der Waals surface area (Å²) in [4.78, 5) is 12.6. The molecule has 0 unspecified atom stereocenters. The molecule has 0 atom stereocenters. The van der Waals surface area contributed by atoms with E-state index in [1.807, 2.05) is 6.07 Å². The van der Waals surface area contributed by atoms with Crippen molar-refractivity contribution in [2.45, 2.75) is 49.7 Å². The number of amides is 1. The summed E-state index contributed by atoms with van der Waals surface area (Å²) < 4.78 is 30.0. The highest BCUT2D eigenvalue weighted by Gasteiger charge is 2.20. The highest BCUT2D eigenvalue weighted by Crippen LogP contribution is 2.27. The van der Waals surface area contributed by atoms with Crippen LogP contribution in [0.3, 0.4) is 0 Å². The summed E-state index contributed by atoms with van der Waals surface area (Å²) in [5, 5.41) is 9.98. The molecule has 30 heavy (non-hydrogen) atoms. The van der Waals surface area contributed by atoms with Crippen LogP contribution >= 0.6 is 0 Å². The number of aromatic nitrogens is 2. The minimum atomic E-state index is -3.38. The van der Waals surface area contributed by atoms with E-state index in [-0.39, 0.29) is 10.9 Å². The molecule has 1 amide bonds. The Morgan fingerprint density at radius 1 is 1.00 bits per heavy atom. The summed E-state index contributed by atoms with van der Waals surface area (Å²) in [7, 11) is -3.38. The van der Waals surface area contributed by atoms with Gasteiger partial charge < -0.3 is 4.42 Å². The summed E-state index contributed by atoms with van der Waals surface area (Å²) in [5.74, 6) is -0.110. The molecule has 4 rings (SSSR count). The molecule has 0 fully saturated rings. The molecule has 0 saturated carbocycles. The smallest absolute Gasteiger partial charge is 0.322 e. The molecule has 1 heterocycles. The van der Waals surface area contributed by atoms with Gasteiger partial charge in [0, 0.05) is 11.1 Å². The lowest BCUT2D eigenvalue weighted by molar-refractivity contribution is 0.102. The number of nitrogens with zero attached hydrogens (tertiary/aromatic N) is 2. The van der Waals surface area contributed by atoms with Gasteiger partial charge in [-0.15, -0.1) is 5.10 Å². The van der Waals surface area contributed by atoms with Crippen molar-refractivity contribution in [2.24, 2.45) is 0 Å². The second-order valence-electron chi connectivity index (χ2n) is 7.68. The fourth-order valence-corrected chi connectivity index (χ4v) is 4.55. The number of carbonyl (C=O) groups is 1. The van der Waals surface area contributed by atoms with Crippen molar-refractivity contribution in [2.75, 3.05) is 5.32 Å². The number of rotatable bonds is 5. The minimum Gasteiger partial charge on any atom is -0.403 e. The zero-order chi connectivity index (χ0) is 21.3. The number of benzene rings is 2. The van der Waals surface area contributed by atoms with Crippen LogP contribution in [-0.4, -0.2) is 29.8 Å². The Kier molecular flexibility index (Phi) is 5.42. The Bertz CT molecular complexity index is 1180. The largest absolute Gasteiger partial charge is 0.403 e. The van der Waals surface area contributed by atoms with Gasteiger partial charge in [-0.2, -0.15) is 0 Å². The highest BCUT2D eigenvalue weighted by molar-refractivity contribution is 7.92. The summed E-state index contributed by atoms with van der Waals surface area (Å²) >= 11 is 0. The van der Waals surface area contributed by atoms with Crippen LogP contribution in [0.25, 0.3) is 11.5 Å². The van der Waals surface area contributed by atoms with Gasteiger partial charge in [-0.25, -0.2) is 8.42 Å². The van der Waals surface area contributed by atoms with E-state index in [0.29, 0.717) is 11.5 Å². The third kappa shape index (κ3) is 4.00. The Morgan fingerprint density at radius 2 is 1.70 bits per heavy atom. The molecule has 0 spiro atoms. The standard InChI is InChI=1S/C22H23N3O4S/c1-14(2)30(27,28)19-11-9-16(10-12-19)20(26)23-22-25-24-21(29-22)18-8-7-15-5-3-4-6-17(15)13-18/h7-14H,3-6H2,1-2H3,(H,23,25,26). The van der Waals surface area contributed by atoms with E-state index < -0.39 is 21.0 Å².